The lowest BCUT2D eigenvalue weighted by Crippen LogP contribution is -2.51. The highest BCUT2D eigenvalue weighted by molar-refractivity contribution is 5.01. The highest BCUT2D eigenvalue weighted by atomic mass is 15.3. The summed E-state index contributed by atoms with van der Waals surface area (Å²) in [7, 11) is 0. The van der Waals surface area contributed by atoms with E-state index in [0.29, 0.717) is 6.04 Å². The third-order valence-corrected chi connectivity index (χ3v) is 4.60. The number of hydrogen-bond acceptors (Lipinski definition) is 2. The maximum atomic E-state index is 6.08. The number of nitrogens with zero attached hydrogens (tertiary/aromatic N) is 1. The average Bonchev–Trinajstić information content (AvgIpc) is 2.92. The van der Waals surface area contributed by atoms with Gasteiger partial charge in [0.15, 0.2) is 0 Å². The highest BCUT2D eigenvalue weighted by Gasteiger charge is 2.45. The molecule has 3 rings (SSSR count). The Morgan fingerprint density at radius 2 is 1.64 bits per heavy atom. The fourth-order valence-electron chi connectivity index (χ4n) is 3.74. The van der Waals surface area contributed by atoms with Gasteiger partial charge in [-0.05, 0) is 51.4 Å². The highest BCUT2D eigenvalue weighted by Crippen LogP contribution is 2.43. The molecule has 3 aliphatic rings. The van der Waals surface area contributed by atoms with Gasteiger partial charge in [0.25, 0.3) is 0 Å². The summed E-state index contributed by atoms with van der Waals surface area (Å²) >= 11 is 0. The Morgan fingerprint density at radius 3 is 2.14 bits per heavy atom. The SMILES string of the molecule is CC(C1CC1)N1[C@@H]2CC[C@H]1CC(N)C2. The van der Waals surface area contributed by atoms with Crippen LogP contribution in [0.15, 0.2) is 0 Å². The van der Waals surface area contributed by atoms with E-state index < -0.39 is 0 Å². The summed E-state index contributed by atoms with van der Waals surface area (Å²) in [6.07, 6.45) is 8.29. The van der Waals surface area contributed by atoms with E-state index in [4.69, 9.17) is 5.73 Å². The van der Waals surface area contributed by atoms with Crippen LogP contribution in [-0.2, 0) is 0 Å². The van der Waals surface area contributed by atoms with E-state index in [9.17, 15) is 0 Å². The first-order valence-corrected chi connectivity index (χ1v) is 6.28. The van der Waals surface area contributed by atoms with Crippen molar-refractivity contribution in [2.24, 2.45) is 11.7 Å². The standard InChI is InChI=1S/C12H22N2/c1-8(9-2-3-9)14-11-4-5-12(14)7-10(13)6-11/h8-12H,2-7,13H2,1H3/t8?,10?,11-,12+. The molecule has 2 heterocycles. The third-order valence-electron chi connectivity index (χ3n) is 4.60. The van der Waals surface area contributed by atoms with Crippen LogP contribution in [0.3, 0.4) is 0 Å². The zero-order chi connectivity index (χ0) is 9.71. The lowest BCUT2D eigenvalue weighted by molar-refractivity contribution is 0.0751. The minimum Gasteiger partial charge on any atom is -0.328 e. The van der Waals surface area contributed by atoms with Crippen LogP contribution in [0.4, 0.5) is 0 Å². The second-order valence-corrected chi connectivity index (χ2v) is 5.64. The van der Waals surface area contributed by atoms with Crippen molar-refractivity contribution in [3.63, 3.8) is 0 Å². The smallest absolute Gasteiger partial charge is 0.0116 e. The van der Waals surface area contributed by atoms with Gasteiger partial charge >= 0.3 is 0 Å². The molecule has 4 atom stereocenters. The largest absolute Gasteiger partial charge is 0.328 e. The first-order chi connectivity index (χ1) is 6.75. The molecule has 1 aliphatic carbocycles. The van der Waals surface area contributed by atoms with Gasteiger partial charge in [-0.2, -0.15) is 0 Å². The Morgan fingerprint density at radius 1 is 1.07 bits per heavy atom. The summed E-state index contributed by atoms with van der Waals surface area (Å²) in [5.74, 6) is 1.02. The van der Waals surface area contributed by atoms with Gasteiger partial charge in [-0.25, -0.2) is 0 Å². The fourth-order valence-corrected chi connectivity index (χ4v) is 3.74. The predicted octanol–water partition coefficient (Wildman–Crippen LogP) is 1.74. The van der Waals surface area contributed by atoms with Gasteiger partial charge in [-0.15, -0.1) is 0 Å². The van der Waals surface area contributed by atoms with Crippen molar-refractivity contribution in [3.8, 4) is 0 Å². The van der Waals surface area contributed by atoms with Crippen molar-refractivity contribution in [1.29, 1.82) is 0 Å². The normalized spacial score (nSPS) is 45.4. The van der Waals surface area contributed by atoms with Crippen molar-refractivity contribution >= 4 is 0 Å². The van der Waals surface area contributed by atoms with Gasteiger partial charge in [0, 0.05) is 24.2 Å². The molecule has 1 saturated carbocycles. The summed E-state index contributed by atoms with van der Waals surface area (Å²) < 4.78 is 0. The lowest BCUT2D eigenvalue weighted by Gasteiger charge is -2.41. The number of hydrogen-bond donors (Lipinski definition) is 1. The molecule has 14 heavy (non-hydrogen) atoms. The molecule has 2 aliphatic heterocycles. The molecular formula is C12H22N2. The molecule has 0 aromatic carbocycles. The van der Waals surface area contributed by atoms with E-state index in [-0.39, 0.29) is 0 Å². The quantitative estimate of drug-likeness (QED) is 0.725. The van der Waals surface area contributed by atoms with Gasteiger partial charge in [0.05, 0.1) is 0 Å². The molecule has 2 saturated heterocycles. The van der Waals surface area contributed by atoms with Crippen LogP contribution in [-0.4, -0.2) is 29.1 Å². The molecule has 2 bridgehead atoms. The third kappa shape index (κ3) is 1.40. The van der Waals surface area contributed by atoms with Gasteiger partial charge < -0.3 is 5.73 Å². The van der Waals surface area contributed by atoms with Gasteiger partial charge in [0.2, 0.25) is 0 Å². The minimum atomic E-state index is 0.496. The van der Waals surface area contributed by atoms with Crippen LogP contribution in [0, 0.1) is 5.92 Å². The van der Waals surface area contributed by atoms with Crippen LogP contribution in [0.5, 0.6) is 0 Å². The average molecular weight is 194 g/mol. The molecule has 2 unspecified atom stereocenters. The molecule has 2 heteroatoms. The summed E-state index contributed by atoms with van der Waals surface area (Å²) in [6, 6.07) is 3.01. The number of rotatable bonds is 2. The van der Waals surface area contributed by atoms with Crippen LogP contribution in [0.25, 0.3) is 0 Å². The maximum absolute atomic E-state index is 6.08. The lowest BCUT2D eigenvalue weighted by atomic mass is 9.95. The number of nitrogens with two attached hydrogens (primary N) is 1. The summed E-state index contributed by atoms with van der Waals surface area (Å²) in [4.78, 5) is 2.82. The molecule has 0 radical (unpaired) electrons. The first kappa shape index (κ1) is 9.17. The van der Waals surface area contributed by atoms with E-state index in [1.165, 1.54) is 38.5 Å². The zero-order valence-electron chi connectivity index (χ0n) is 9.15. The topological polar surface area (TPSA) is 29.3 Å². The molecule has 3 fully saturated rings. The van der Waals surface area contributed by atoms with E-state index >= 15 is 0 Å². The van der Waals surface area contributed by atoms with E-state index in [1.54, 1.807) is 0 Å². The van der Waals surface area contributed by atoms with Crippen LogP contribution in [0.2, 0.25) is 0 Å². The second-order valence-electron chi connectivity index (χ2n) is 5.64. The van der Waals surface area contributed by atoms with Crippen molar-refractivity contribution in [2.45, 2.75) is 69.6 Å². The number of fused-ring (bicyclic) bond motifs is 2. The minimum absolute atomic E-state index is 0.496. The Labute approximate surface area is 86.8 Å². The van der Waals surface area contributed by atoms with Crippen molar-refractivity contribution in [3.05, 3.63) is 0 Å². The monoisotopic (exact) mass is 194 g/mol. The summed E-state index contributed by atoms with van der Waals surface area (Å²) in [6.45, 7) is 2.44. The maximum Gasteiger partial charge on any atom is 0.0116 e. The fraction of sp³-hybridized carbons (Fsp3) is 1.00. The molecular weight excluding hydrogens is 172 g/mol. The van der Waals surface area contributed by atoms with Crippen LogP contribution >= 0.6 is 0 Å². The first-order valence-electron chi connectivity index (χ1n) is 6.28. The Hall–Kier alpha value is -0.0800. The predicted molar refractivity (Wildman–Crippen MR) is 58.0 cm³/mol. The molecule has 2 N–H and O–H groups in total. The van der Waals surface area contributed by atoms with Crippen molar-refractivity contribution in [1.82, 2.24) is 4.90 Å². The van der Waals surface area contributed by atoms with E-state index in [2.05, 4.69) is 11.8 Å². The number of piperidine rings is 1. The van der Waals surface area contributed by atoms with E-state index in [0.717, 1.165) is 24.0 Å². The van der Waals surface area contributed by atoms with Crippen LogP contribution < -0.4 is 5.73 Å². The van der Waals surface area contributed by atoms with Gasteiger partial charge in [-0.1, -0.05) is 0 Å². The molecule has 0 amide bonds. The van der Waals surface area contributed by atoms with E-state index in [1.807, 2.05) is 0 Å². The zero-order valence-corrected chi connectivity index (χ0v) is 9.15. The summed E-state index contributed by atoms with van der Waals surface area (Å²) in [5.41, 5.74) is 6.08. The molecule has 0 spiro atoms. The Kier molecular flexibility index (Phi) is 2.10. The summed E-state index contributed by atoms with van der Waals surface area (Å²) in [5, 5.41) is 0. The molecule has 0 aromatic heterocycles. The molecule has 2 nitrogen and oxygen atoms in total. The molecule has 0 aromatic rings. The Bertz CT molecular complexity index is 210. The van der Waals surface area contributed by atoms with Crippen LogP contribution in [0.1, 0.15) is 45.4 Å². The van der Waals surface area contributed by atoms with Gasteiger partial charge in [0.1, 0.15) is 0 Å². The second kappa shape index (κ2) is 3.21. The van der Waals surface area contributed by atoms with Crippen molar-refractivity contribution < 1.29 is 0 Å². The molecule has 80 valence electrons. The van der Waals surface area contributed by atoms with Gasteiger partial charge in [-0.3, -0.25) is 4.90 Å². The van der Waals surface area contributed by atoms with Crippen molar-refractivity contribution in [2.75, 3.05) is 0 Å². The Balaban J connectivity index is 1.73.